The fraction of sp³-hybridized carbons (Fsp3) is 0.500. The zero-order valence-corrected chi connectivity index (χ0v) is 10.3. The summed E-state index contributed by atoms with van der Waals surface area (Å²) in [5, 5.41) is 14.0. The summed E-state index contributed by atoms with van der Waals surface area (Å²) in [4.78, 5) is 10.4. The average Bonchev–Trinajstić information content (AvgIpc) is 2.27. The lowest BCUT2D eigenvalue weighted by Gasteiger charge is -2.17. The quantitative estimate of drug-likeness (QED) is 0.588. The molecule has 0 aliphatic heterocycles. The molecule has 0 saturated heterocycles. The van der Waals surface area contributed by atoms with E-state index in [-0.39, 0.29) is 16.7 Å². The summed E-state index contributed by atoms with van der Waals surface area (Å²) in [5.41, 5.74) is 7.39. The molecule has 1 aromatic rings. The van der Waals surface area contributed by atoms with Crippen molar-refractivity contribution in [2.45, 2.75) is 32.7 Å². The molecule has 1 unspecified atom stereocenters. The van der Waals surface area contributed by atoms with Gasteiger partial charge in [0.15, 0.2) is 0 Å². The van der Waals surface area contributed by atoms with E-state index < -0.39 is 0 Å². The van der Waals surface area contributed by atoms with Crippen molar-refractivity contribution in [3.8, 4) is 0 Å². The highest BCUT2D eigenvalue weighted by atomic mass is 16.6. The number of anilines is 1. The van der Waals surface area contributed by atoms with E-state index in [1.807, 2.05) is 13.0 Å². The van der Waals surface area contributed by atoms with E-state index in [1.54, 1.807) is 12.1 Å². The Kier molecular flexibility index (Phi) is 4.90. The van der Waals surface area contributed by atoms with Crippen LogP contribution >= 0.6 is 0 Å². The lowest BCUT2D eigenvalue weighted by molar-refractivity contribution is -0.384. The Hall–Kier alpha value is -1.62. The molecule has 0 fully saturated rings. The highest BCUT2D eigenvalue weighted by Crippen LogP contribution is 2.21. The third-order valence-corrected chi connectivity index (χ3v) is 2.57. The molecule has 0 saturated carbocycles. The molecule has 1 aromatic carbocycles. The number of nitro groups is 1. The summed E-state index contributed by atoms with van der Waals surface area (Å²) in [5.74, 6) is 0. The lowest BCUT2D eigenvalue weighted by atomic mass is 10.1. The summed E-state index contributed by atoms with van der Waals surface area (Å²) in [7, 11) is 0. The van der Waals surface area contributed by atoms with E-state index in [9.17, 15) is 10.1 Å². The lowest BCUT2D eigenvalue weighted by Crippen LogP contribution is -2.28. The summed E-state index contributed by atoms with van der Waals surface area (Å²) in [6.45, 7) is 4.45. The Labute approximate surface area is 101 Å². The summed E-state index contributed by atoms with van der Waals surface area (Å²) < 4.78 is 0. The molecule has 1 atom stereocenters. The van der Waals surface area contributed by atoms with Crippen molar-refractivity contribution >= 4 is 11.4 Å². The largest absolute Gasteiger partial charge is 0.381 e. The first-order valence-corrected chi connectivity index (χ1v) is 5.79. The number of benzene rings is 1. The van der Waals surface area contributed by atoms with Gasteiger partial charge < -0.3 is 11.1 Å². The molecule has 0 aromatic heterocycles. The maximum absolute atomic E-state index is 10.7. The first-order chi connectivity index (χ1) is 8.06. The van der Waals surface area contributed by atoms with E-state index in [2.05, 4.69) is 12.2 Å². The monoisotopic (exact) mass is 237 g/mol. The maximum Gasteiger partial charge on any atom is 0.271 e. The zero-order valence-electron chi connectivity index (χ0n) is 10.3. The molecule has 17 heavy (non-hydrogen) atoms. The molecule has 1 rings (SSSR count). The van der Waals surface area contributed by atoms with Crippen LogP contribution in [0.2, 0.25) is 0 Å². The number of non-ortho nitro benzene ring substituents is 1. The molecule has 0 aliphatic rings. The smallest absolute Gasteiger partial charge is 0.271 e. The van der Waals surface area contributed by atoms with Gasteiger partial charge in [-0.15, -0.1) is 0 Å². The molecule has 0 aliphatic carbocycles. The van der Waals surface area contributed by atoms with Crippen molar-refractivity contribution < 1.29 is 4.92 Å². The standard InChI is InChI=1S/C12H19N3O2/c1-3-4-10(8-13)14-11-5-9(2)6-12(7-11)15(16)17/h5-7,10,14H,3-4,8,13H2,1-2H3. The highest BCUT2D eigenvalue weighted by molar-refractivity contribution is 5.54. The molecule has 0 radical (unpaired) electrons. The van der Waals surface area contributed by atoms with Crippen LogP contribution in [0.5, 0.6) is 0 Å². The van der Waals surface area contributed by atoms with Crippen molar-refractivity contribution in [3.63, 3.8) is 0 Å². The average molecular weight is 237 g/mol. The Morgan fingerprint density at radius 3 is 2.71 bits per heavy atom. The van der Waals surface area contributed by atoms with Crippen LogP contribution in [0.15, 0.2) is 18.2 Å². The zero-order chi connectivity index (χ0) is 12.8. The first kappa shape index (κ1) is 13.4. The molecule has 94 valence electrons. The van der Waals surface area contributed by atoms with Crippen LogP contribution in [0.3, 0.4) is 0 Å². The normalized spacial score (nSPS) is 12.2. The van der Waals surface area contributed by atoms with Crippen molar-refractivity contribution in [2.24, 2.45) is 5.73 Å². The minimum atomic E-state index is -0.380. The molecule has 5 nitrogen and oxygen atoms in total. The maximum atomic E-state index is 10.7. The summed E-state index contributed by atoms with van der Waals surface area (Å²) >= 11 is 0. The van der Waals surface area contributed by atoms with Crippen LogP contribution in [0.25, 0.3) is 0 Å². The minimum Gasteiger partial charge on any atom is -0.381 e. The van der Waals surface area contributed by atoms with Crippen LogP contribution in [-0.4, -0.2) is 17.5 Å². The Balaban J connectivity index is 2.86. The number of nitrogens with zero attached hydrogens (tertiary/aromatic N) is 1. The topological polar surface area (TPSA) is 81.2 Å². The van der Waals surface area contributed by atoms with Gasteiger partial charge in [-0.1, -0.05) is 13.3 Å². The van der Waals surface area contributed by atoms with Gasteiger partial charge in [-0.3, -0.25) is 10.1 Å². The highest BCUT2D eigenvalue weighted by Gasteiger charge is 2.10. The van der Waals surface area contributed by atoms with Gasteiger partial charge in [-0.05, 0) is 25.0 Å². The predicted molar refractivity (Wildman–Crippen MR) is 69.2 cm³/mol. The van der Waals surface area contributed by atoms with Gasteiger partial charge in [0, 0.05) is 30.4 Å². The number of nitrogens with one attached hydrogen (secondary N) is 1. The van der Waals surface area contributed by atoms with Crippen LogP contribution in [0.4, 0.5) is 11.4 Å². The van der Waals surface area contributed by atoms with Gasteiger partial charge in [0.1, 0.15) is 0 Å². The number of rotatable bonds is 6. The van der Waals surface area contributed by atoms with Crippen LogP contribution < -0.4 is 11.1 Å². The number of nitrogens with two attached hydrogens (primary N) is 1. The molecule has 0 bridgehead atoms. The van der Waals surface area contributed by atoms with Crippen LogP contribution in [-0.2, 0) is 0 Å². The van der Waals surface area contributed by atoms with E-state index in [1.165, 1.54) is 0 Å². The number of hydrogen-bond donors (Lipinski definition) is 2. The van der Waals surface area contributed by atoms with Crippen molar-refractivity contribution in [2.75, 3.05) is 11.9 Å². The number of aryl methyl sites for hydroxylation is 1. The van der Waals surface area contributed by atoms with Crippen molar-refractivity contribution in [1.29, 1.82) is 0 Å². The minimum absolute atomic E-state index is 0.111. The summed E-state index contributed by atoms with van der Waals surface area (Å²) in [6.07, 6.45) is 1.99. The van der Waals surface area contributed by atoms with E-state index in [0.717, 1.165) is 24.1 Å². The molecule has 5 heteroatoms. The second-order valence-electron chi connectivity index (χ2n) is 4.18. The van der Waals surface area contributed by atoms with Crippen LogP contribution in [0, 0.1) is 17.0 Å². The van der Waals surface area contributed by atoms with Gasteiger partial charge in [0.2, 0.25) is 0 Å². The summed E-state index contributed by atoms with van der Waals surface area (Å²) in [6, 6.07) is 5.17. The van der Waals surface area contributed by atoms with Gasteiger partial charge in [0.25, 0.3) is 5.69 Å². The Bertz CT molecular complexity index is 393. The molecular formula is C12H19N3O2. The third-order valence-electron chi connectivity index (χ3n) is 2.57. The predicted octanol–water partition coefficient (Wildman–Crippen LogP) is 2.44. The van der Waals surface area contributed by atoms with Crippen molar-refractivity contribution in [1.82, 2.24) is 0 Å². The fourth-order valence-electron chi connectivity index (χ4n) is 1.78. The molecule has 0 heterocycles. The Morgan fingerprint density at radius 1 is 1.47 bits per heavy atom. The second-order valence-corrected chi connectivity index (χ2v) is 4.18. The first-order valence-electron chi connectivity index (χ1n) is 5.79. The molecule has 0 spiro atoms. The van der Waals surface area contributed by atoms with Gasteiger partial charge in [-0.25, -0.2) is 0 Å². The molecule has 0 amide bonds. The third kappa shape index (κ3) is 4.03. The van der Waals surface area contributed by atoms with Gasteiger partial charge >= 0.3 is 0 Å². The van der Waals surface area contributed by atoms with E-state index in [0.29, 0.717) is 6.54 Å². The van der Waals surface area contributed by atoms with Crippen molar-refractivity contribution in [3.05, 3.63) is 33.9 Å². The second kappa shape index (κ2) is 6.20. The van der Waals surface area contributed by atoms with Crippen LogP contribution in [0.1, 0.15) is 25.3 Å². The van der Waals surface area contributed by atoms with Gasteiger partial charge in [-0.2, -0.15) is 0 Å². The van der Waals surface area contributed by atoms with E-state index in [4.69, 9.17) is 5.73 Å². The fourth-order valence-corrected chi connectivity index (χ4v) is 1.78. The SMILES string of the molecule is CCCC(CN)Nc1cc(C)cc([N+](=O)[O-])c1. The molecular weight excluding hydrogens is 218 g/mol. The van der Waals surface area contributed by atoms with E-state index >= 15 is 0 Å². The molecule has 3 N–H and O–H groups in total. The number of hydrogen-bond acceptors (Lipinski definition) is 4. The number of nitro benzene ring substituents is 1. The Morgan fingerprint density at radius 2 is 2.18 bits per heavy atom. The van der Waals surface area contributed by atoms with Gasteiger partial charge in [0.05, 0.1) is 4.92 Å².